The fourth-order valence-corrected chi connectivity index (χ4v) is 3.46. The van der Waals surface area contributed by atoms with E-state index in [1.807, 2.05) is 18.7 Å². The van der Waals surface area contributed by atoms with Crippen LogP contribution in [0, 0.1) is 0 Å². The van der Waals surface area contributed by atoms with E-state index in [-0.39, 0.29) is 18.0 Å². The first-order valence-corrected chi connectivity index (χ1v) is 11.0. The predicted octanol–water partition coefficient (Wildman–Crippen LogP) is 3.34. The van der Waals surface area contributed by atoms with E-state index < -0.39 is 17.7 Å². The van der Waals surface area contributed by atoms with Gasteiger partial charge in [0.15, 0.2) is 5.65 Å². The molecule has 9 heteroatoms. The van der Waals surface area contributed by atoms with Crippen molar-refractivity contribution >= 4 is 29.0 Å². The topological polar surface area (TPSA) is 103 Å². The largest absolute Gasteiger partial charge is 0.465 e. The Labute approximate surface area is 189 Å². The standard InChI is InChI=1S/C21H28N4O5.C2H6/c1-21(2,3)30-20(28)25-13-15(19(27)29-4)17-14(7-8-23-18(17)25)11-22-12-16(26)24-9-5-6-10-24;1-2/h7-8,13,22H,5-6,9-12H2,1-4H3;1-2H3. The summed E-state index contributed by atoms with van der Waals surface area (Å²) in [5, 5.41) is 3.63. The fraction of sp³-hybridized carbons (Fsp3) is 0.565. The van der Waals surface area contributed by atoms with Crippen LogP contribution in [0.25, 0.3) is 11.0 Å². The summed E-state index contributed by atoms with van der Waals surface area (Å²) >= 11 is 0. The third-order valence-corrected chi connectivity index (χ3v) is 4.82. The van der Waals surface area contributed by atoms with E-state index in [2.05, 4.69) is 10.3 Å². The number of fused-ring (bicyclic) bond motifs is 1. The highest BCUT2D eigenvalue weighted by atomic mass is 16.6. The molecule has 3 rings (SSSR count). The lowest BCUT2D eigenvalue weighted by Crippen LogP contribution is -2.36. The number of methoxy groups -OCH3 is 1. The maximum Gasteiger partial charge on any atom is 0.420 e. The molecule has 1 fully saturated rings. The van der Waals surface area contributed by atoms with Crippen LogP contribution in [0.15, 0.2) is 18.5 Å². The van der Waals surface area contributed by atoms with Gasteiger partial charge in [-0.05, 0) is 45.2 Å². The number of carbonyl (C=O) groups excluding carboxylic acids is 3. The van der Waals surface area contributed by atoms with Crippen LogP contribution in [0.4, 0.5) is 4.79 Å². The van der Waals surface area contributed by atoms with E-state index in [4.69, 9.17) is 9.47 Å². The Balaban J connectivity index is 0.00000176. The van der Waals surface area contributed by atoms with Gasteiger partial charge in [0.2, 0.25) is 5.91 Å². The van der Waals surface area contributed by atoms with Crippen LogP contribution in [-0.2, 0) is 20.8 Å². The zero-order chi connectivity index (χ0) is 23.9. The minimum absolute atomic E-state index is 0.0531. The number of amides is 1. The highest BCUT2D eigenvalue weighted by Gasteiger charge is 2.25. The predicted molar refractivity (Wildman–Crippen MR) is 122 cm³/mol. The number of rotatable bonds is 5. The summed E-state index contributed by atoms with van der Waals surface area (Å²) in [7, 11) is 1.28. The number of aromatic nitrogens is 2. The van der Waals surface area contributed by atoms with Crippen LogP contribution in [-0.4, -0.2) is 64.8 Å². The number of hydrogen-bond donors (Lipinski definition) is 1. The van der Waals surface area contributed by atoms with Gasteiger partial charge < -0.3 is 19.7 Å². The lowest BCUT2D eigenvalue weighted by Gasteiger charge is -2.19. The van der Waals surface area contributed by atoms with Crippen molar-refractivity contribution in [2.45, 2.75) is 59.6 Å². The van der Waals surface area contributed by atoms with E-state index >= 15 is 0 Å². The molecule has 2 aromatic heterocycles. The van der Waals surface area contributed by atoms with Crippen molar-refractivity contribution in [1.82, 2.24) is 19.8 Å². The summed E-state index contributed by atoms with van der Waals surface area (Å²) in [4.78, 5) is 43.4. The molecule has 0 aliphatic carbocycles. The van der Waals surface area contributed by atoms with Gasteiger partial charge in [-0.25, -0.2) is 19.1 Å². The Hall–Kier alpha value is -2.94. The van der Waals surface area contributed by atoms with E-state index in [0.29, 0.717) is 17.6 Å². The van der Waals surface area contributed by atoms with Gasteiger partial charge in [0, 0.05) is 37.4 Å². The second-order valence-corrected chi connectivity index (χ2v) is 8.24. The molecule has 0 unspecified atom stereocenters. The summed E-state index contributed by atoms with van der Waals surface area (Å²) in [6.45, 7) is 11.4. The maximum atomic E-state index is 12.6. The molecule has 0 radical (unpaired) electrons. The van der Waals surface area contributed by atoms with Gasteiger partial charge in [0.25, 0.3) is 0 Å². The van der Waals surface area contributed by atoms with Crippen LogP contribution in [0.1, 0.15) is 63.4 Å². The molecular weight excluding hydrogens is 412 g/mol. The molecular formula is C23H34N4O5. The number of esters is 1. The average molecular weight is 447 g/mol. The van der Waals surface area contributed by atoms with Gasteiger partial charge >= 0.3 is 12.1 Å². The molecule has 1 N–H and O–H groups in total. The molecule has 0 atom stereocenters. The molecule has 176 valence electrons. The number of likely N-dealkylation sites (tertiary alicyclic amines) is 1. The van der Waals surface area contributed by atoms with E-state index in [0.717, 1.165) is 31.5 Å². The van der Waals surface area contributed by atoms with Crippen LogP contribution >= 0.6 is 0 Å². The number of carbonyl (C=O) groups is 3. The van der Waals surface area contributed by atoms with Crippen LogP contribution in [0.3, 0.4) is 0 Å². The van der Waals surface area contributed by atoms with Gasteiger partial charge in [0.1, 0.15) is 5.60 Å². The normalized spacial score (nSPS) is 13.5. The van der Waals surface area contributed by atoms with Crippen LogP contribution in [0.2, 0.25) is 0 Å². The number of ether oxygens (including phenoxy) is 2. The third-order valence-electron chi connectivity index (χ3n) is 4.82. The highest BCUT2D eigenvalue weighted by molar-refractivity contribution is 6.06. The Morgan fingerprint density at radius 1 is 1.16 bits per heavy atom. The Morgan fingerprint density at radius 3 is 2.41 bits per heavy atom. The van der Waals surface area contributed by atoms with Gasteiger partial charge in [-0.15, -0.1) is 0 Å². The minimum Gasteiger partial charge on any atom is -0.465 e. The molecule has 3 heterocycles. The van der Waals surface area contributed by atoms with Crippen LogP contribution < -0.4 is 5.32 Å². The van der Waals surface area contributed by atoms with Crippen molar-refractivity contribution in [3.8, 4) is 0 Å². The molecule has 0 aromatic carbocycles. The highest BCUT2D eigenvalue weighted by Crippen LogP contribution is 2.25. The number of pyridine rings is 1. The van der Waals surface area contributed by atoms with Gasteiger partial charge in [-0.3, -0.25) is 4.79 Å². The molecule has 32 heavy (non-hydrogen) atoms. The lowest BCUT2D eigenvalue weighted by molar-refractivity contribution is -0.129. The second-order valence-electron chi connectivity index (χ2n) is 8.24. The van der Waals surface area contributed by atoms with E-state index in [1.165, 1.54) is 17.9 Å². The van der Waals surface area contributed by atoms with Gasteiger partial charge in [-0.2, -0.15) is 0 Å². The first-order chi connectivity index (χ1) is 15.2. The van der Waals surface area contributed by atoms with Crippen molar-refractivity contribution in [3.05, 3.63) is 29.6 Å². The monoisotopic (exact) mass is 446 g/mol. The third kappa shape index (κ3) is 6.06. The fourth-order valence-electron chi connectivity index (χ4n) is 3.46. The molecule has 1 aliphatic heterocycles. The number of nitrogens with one attached hydrogen (secondary N) is 1. The Morgan fingerprint density at radius 2 is 1.81 bits per heavy atom. The summed E-state index contributed by atoms with van der Waals surface area (Å²) in [5.74, 6) is -0.526. The molecule has 0 spiro atoms. The average Bonchev–Trinajstić information content (AvgIpc) is 3.42. The molecule has 0 bridgehead atoms. The van der Waals surface area contributed by atoms with E-state index in [9.17, 15) is 14.4 Å². The summed E-state index contributed by atoms with van der Waals surface area (Å²) in [6, 6.07) is 1.75. The van der Waals surface area contributed by atoms with Crippen LogP contribution in [0.5, 0.6) is 0 Å². The van der Waals surface area contributed by atoms with Crippen molar-refractivity contribution in [2.75, 3.05) is 26.7 Å². The van der Waals surface area contributed by atoms with Crippen molar-refractivity contribution in [1.29, 1.82) is 0 Å². The smallest absolute Gasteiger partial charge is 0.420 e. The van der Waals surface area contributed by atoms with E-state index in [1.54, 1.807) is 33.0 Å². The zero-order valence-electron chi connectivity index (χ0n) is 19.9. The molecule has 0 saturated carbocycles. The first-order valence-electron chi connectivity index (χ1n) is 11.0. The SMILES string of the molecule is CC.COC(=O)c1cn(C(=O)OC(C)(C)C)c2nccc(CNCC(=O)N3CCCC3)c12. The molecule has 1 saturated heterocycles. The first kappa shape index (κ1) is 25.3. The maximum absolute atomic E-state index is 12.6. The second kappa shape index (κ2) is 11.1. The Bertz CT molecular complexity index is 955. The number of nitrogens with zero attached hydrogens (tertiary/aromatic N) is 3. The molecule has 9 nitrogen and oxygen atoms in total. The summed E-state index contributed by atoms with van der Waals surface area (Å²) in [5.41, 5.74) is 0.551. The van der Waals surface area contributed by atoms with Crippen molar-refractivity contribution in [3.63, 3.8) is 0 Å². The van der Waals surface area contributed by atoms with Crippen molar-refractivity contribution < 1.29 is 23.9 Å². The molecule has 1 amide bonds. The Kier molecular flexibility index (Phi) is 8.77. The molecule has 1 aliphatic rings. The number of hydrogen-bond acceptors (Lipinski definition) is 7. The van der Waals surface area contributed by atoms with Gasteiger partial charge in [-0.1, -0.05) is 13.8 Å². The van der Waals surface area contributed by atoms with Gasteiger partial charge in [0.05, 0.1) is 19.2 Å². The lowest BCUT2D eigenvalue weighted by atomic mass is 10.1. The quantitative estimate of drug-likeness (QED) is 0.703. The van der Waals surface area contributed by atoms with Crippen molar-refractivity contribution in [2.24, 2.45) is 0 Å². The summed E-state index contributed by atoms with van der Waals surface area (Å²) < 4.78 is 11.5. The minimum atomic E-state index is -0.700. The summed E-state index contributed by atoms with van der Waals surface area (Å²) in [6.07, 6.45) is 4.39. The zero-order valence-corrected chi connectivity index (χ0v) is 19.9. The molecule has 2 aromatic rings.